The number of carbonyl (C=O) groups is 2. The lowest BCUT2D eigenvalue weighted by Gasteiger charge is -2.57. The molecule has 4 aliphatic rings. The molecule has 1 saturated heterocycles. The fourth-order valence-electron chi connectivity index (χ4n) is 9.52. The standard InChI is InChI=1S/C30H48O4/c1-19(2)15-23(32)16-20(3)24-10-13-29(6)26-8-7-25(21(4)18-31)30(14-11-27(33)34-30)17-22(26)9-12-28(24,29)5/h15,20-22,24-26,31H,7-14,16-18H2,1-6H3. The Morgan fingerprint density at radius 2 is 1.74 bits per heavy atom. The first-order valence-electron chi connectivity index (χ1n) is 14.0. The summed E-state index contributed by atoms with van der Waals surface area (Å²) in [5.74, 6) is 2.84. The number of ketones is 1. The van der Waals surface area contributed by atoms with E-state index in [9.17, 15) is 14.7 Å². The Morgan fingerprint density at radius 3 is 2.35 bits per heavy atom. The molecular formula is C30H48O4. The summed E-state index contributed by atoms with van der Waals surface area (Å²) in [7, 11) is 0. The van der Waals surface area contributed by atoms with Gasteiger partial charge in [-0.3, -0.25) is 9.59 Å². The highest BCUT2D eigenvalue weighted by Crippen LogP contribution is 2.70. The van der Waals surface area contributed by atoms with Crippen molar-refractivity contribution in [2.45, 2.75) is 111 Å². The Hall–Kier alpha value is -1.16. The minimum atomic E-state index is -0.370. The molecule has 9 atom stereocenters. The normalized spacial score (nSPS) is 43.4. The highest BCUT2D eigenvalue weighted by molar-refractivity contribution is 5.90. The number of esters is 1. The zero-order valence-electron chi connectivity index (χ0n) is 22.5. The van der Waals surface area contributed by atoms with Gasteiger partial charge < -0.3 is 9.84 Å². The summed E-state index contributed by atoms with van der Waals surface area (Å²) in [6.45, 7) is 13.7. The lowest BCUT2D eigenvalue weighted by Crippen LogP contribution is -2.51. The molecule has 9 unspecified atom stereocenters. The number of allylic oxidation sites excluding steroid dienone is 2. The second-order valence-corrected chi connectivity index (χ2v) is 13.3. The topological polar surface area (TPSA) is 63.6 Å². The fraction of sp³-hybridized carbons (Fsp3) is 0.867. The molecule has 4 rings (SSSR count). The molecule has 4 fully saturated rings. The second kappa shape index (κ2) is 9.37. The summed E-state index contributed by atoms with van der Waals surface area (Å²) in [6, 6.07) is 0. The molecule has 1 aliphatic heterocycles. The molecule has 1 heterocycles. The van der Waals surface area contributed by atoms with Crippen LogP contribution in [0.3, 0.4) is 0 Å². The Morgan fingerprint density at radius 1 is 1.03 bits per heavy atom. The van der Waals surface area contributed by atoms with Crippen molar-refractivity contribution in [3.8, 4) is 0 Å². The first kappa shape index (κ1) is 25.9. The maximum Gasteiger partial charge on any atom is 0.306 e. The van der Waals surface area contributed by atoms with E-state index in [-0.39, 0.29) is 46.6 Å². The number of hydrogen-bond acceptors (Lipinski definition) is 4. The fourth-order valence-corrected chi connectivity index (χ4v) is 9.52. The van der Waals surface area contributed by atoms with E-state index in [0.717, 1.165) is 24.8 Å². The van der Waals surface area contributed by atoms with E-state index < -0.39 is 0 Å². The first-order valence-corrected chi connectivity index (χ1v) is 14.0. The van der Waals surface area contributed by atoms with Crippen LogP contribution < -0.4 is 0 Å². The van der Waals surface area contributed by atoms with Crippen molar-refractivity contribution in [3.63, 3.8) is 0 Å². The van der Waals surface area contributed by atoms with Crippen molar-refractivity contribution >= 4 is 11.8 Å². The molecule has 0 aromatic carbocycles. The van der Waals surface area contributed by atoms with Gasteiger partial charge in [0.2, 0.25) is 0 Å². The van der Waals surface area contributed by atoms with Crippen LogP contribution in [0.15, 0.2) is 11.6 Å². The second-order valence-electron chi connectivity index (χ2n) is 13.3. The van der Waals surface area contributed by atoms with Gasteiger partial charge >= 0.3 is 5.97 Å². The van der Waals surface area contributed by atoms with Crippen LogP contribution in [0.5, 0.6) is 0 Å². The van der Waals surface area contributed by atoms with Gasteiger partial charge in [-0.2, -0.15) is 0 Å². The predicted molar refractivity (Wildman–Crippen MR) is 135 cm³/mol. The minimum Gasteiger partial charge on any atom is -0.459 e. The summed E-state index contributed by atoms with van der Waals surface area (Å²) < 4.78 is 6.17. The lowest BCUT2D eigenvalue weighted by atomic mass is 9.48. The number of aliphatic hydroxyl groups is 1. The molecule has 4 nitrogen and oxygen atoms in total. The van der Waals surface area contributed by atoms with Gasteiger partial charge in [-0.1, -0.05) is 33.3 Å². The van der Waals surface area contributed by atoms with Crippen molar-refractivity contribution in [2.24, 2.45) is 46.3 Å². The summed E-state index contributed by atoms with van der Waals surface area (Å²) in [5.41, 5.74) is 1.23. The number of hydrogen-bond donors (Lipinski definition) is 1. The predicted octanol–water partition coefficient (Wildman–Crippen LogP) is 6.50. The third-order valence-corrected chi connectivity index (χ3v) is 11.3. The average molecular weight is 473 g/mol. The van der Waals surface area contributed by atoms with Gasteiger partial charge in [0.15, 0.2) is 5.78 Å². The molecule has 0 radical (unpaired) electrons. The molecule has 1 N–H and O–H groups in total. The maximum absolute atomic E-state index is 12.6. The molecule has 0 bridgehead atoms. The zero-order chi connectivity index (χ0) is 24.9. The van der Waals surface area contributed by atoms with E-state index in [1.165, 1.54) is 32.1 Å². The van der Waals surface area contributed by atoms with Crippen molar-refractivity contribution in [3.05, 3.63) is 11.6 Å². The van der Waals surface area contributed by atoms with Gasteiger partial charge in [-0.15, -0.1) is 0 Å². The van der Waals surface area contributed by atoms with Gasteiger partial charge in [-0.25, -0.2) is 0 Å². The molecule has 3 aliphatic carbocycles. The van der Waals surface area contributed by atoms with E-state index in [2.05, 4.69) is 27.7 Å². The molecule has 0 amide bonds. The average Bonchev–Trinajstić information content (AvgIpc) is 3.19. The molecule has 4 heteroatoms. The van der Waals surface area contributed by atoms with E-state index in [1.807, 2.05) is 19.9 Å². The van der Waals surface area contributed by atoms with Crippen molar-refractivity contribution in [2.75, 3.05) is 6.61 Å². The van der Waals surface area contributed by atoms with Crippen molar-refractivity contribution in [1.82, 2.24) is 0 Å². The highest BCUT2D eigenvalue weighted by Gasteiger charge is 2.64. The maximum atomic E-state index is 12.6. The molecular weight excluding hydrogens is 424 g/mol. The molecule has 1 spiro atoms. The SMILES string of the molecule is CC(C)=CC(=O)CC(C)C1CCC2(C)C3CCC(C(C)CO)C4(CCC(=O)O4)CC3CCC12C. The van der Waals surface area contributed by atoms with Crippen LogP contribution in [-0.4, -0.2) is 29.1 Å². The number of fused-ring (bicyclic) bond motifs is 3. The monoisotopic (exact) mass is 472 g/mol. The summed E-state index contributed by atoms with van der Waals surface area (Å²) in [5, 5.41) is 10.0. The highest BCUT2D eigenvalue weighted by atomic mass is 16.6. The quantitative estimate of drug-likeness (QED) is 0.354. The van der Waals surface area contributed by atoms with E-state index in [4.69, 9.17) is 4.74 Å². The Bertz CT molecular complexity index is 828. The van der Waals surface area contributed by atoms with Crippen LogP contribution >= 0.6 is 0 Å². The van der Waals surface area contributed by atoms with Crippen molar-refractivity contribution in [1.29, 1.82) is 0 Å². The molecule has 0 aromatic rings. The van der Waals surface area contributed by atoms with Gasteiger partial charge in [0.25, 0.3) is 0 Å². The molecule has 3 saturated carbocycles. The van der Waals surface area contributed by atoms with Crippen LogP contribution in [0, 0.1) is 46.3 Å². The Balaban J connectivity index is 1.59. The number of ether oxygens (including phenoxy) is 1. The van der Waals surface area contributed by atoms with Crippen LogP contribution in [0.1, 0.15) is 106 Å². The minimum absolute atomic E-state index is 0.0452. The van der Waals surface area contributed by atoms with Crippen molar-refractivity contribution < 1.29 is 19.4 Å². The van der Waals surface area contributed by atoms with Gasteiger partial charge in [-0.05, 0) is 112 Å². The van der Waals surface area contributed by atoms with Crippen LogP contribution in [-0.2, 0) is 14.3 Å². The lowest BCUT2D eigenvalue weighted by molar-refractivity contribution is -0.159. The number of rotatable bonds is 6. The van der Waals surface area contributed by atoms with Crippen LogP contribution in [0.25, 0.3) is 0 Å². The van der Waals surface area contributed by atoms with E-state index in [0.29, 0.717) is 36.5 Å². The van der Waals surface area contributed by atoms with Gasteiger partial charge in [0, 0.05) is 25.4 Å². The Kier molecular flexibility index (Phi) is 7.15. The van der Waals surface area contributed by atoms with E-state index in [1.54, 1.807) is 0 Å². The molecule has 0 aromatic heterocycles. The summed E-state index contributed by atoms with van der Waals surface area (Å²) in [6.07, 6.45) is 11.9. The van der Waals surface area contributed by atoms with Gasteiger partial charge in [0.05, 0.1) is 0 Å². The Labute approximate surface area is 207 Å². The van der Waals surface area contributed by atoms with E-state index >= 15 is 0 Å². The summed E-state index contributed by atoms with van der Waals surface area (Å²) in [4.78, 5) is 24.9. The molecule has 192 valence electrons. The largest absolute Gasteiger partial charge is 0.459 e. The smallest absolute Gasteiger partial charge is 0.306 e. The third kappa shape index (κ3) is 4.20. The molecule has 34 heavy (non-hydrogen) atoms. The van der Waals surface area contributed by atoms with Gasteiger partial charge in [0.1, 0.15) is 5.60 Å². The van der Waals surface area contributed by atoms with Crippen LogP contribution in [0.4, 0.5) is 0 Å². The first-order chi connectivity index (χ1) is 16.0. The number of aliphatic hydroxyl groups excluding tert-OH is 1. The third-order valence-electron chi connectivity index (χ3n) is 11.3. The van der Waals surface area contributed by atoms with Crippen LogP contribution in [0.2, 0.25) is 0 Å². The summed E-state index contributed by atoms with van der Waals surface area (Å²) >= 11 is 0. The number of carbonyl (C=O) groups excluding carboxylic acids is 2. The zero-order valence-corrected chi connectivity index (χ0v) is 22.5.